The summed E-state index contributed by atoms with van der Waals surface area (Å²) >= 11 is 0. The van der Waals surface area contributed by atoms with Crippen LogP contribution >= 0.6 is 0 Å². The highest BCUT2D eigenvalue weighted by atomic mass is 16.5. The van der Waals surface area contributed by atoms with Gasteiger partial charge in [0.05, 0.1) is 12.8 Å². The van der Waals surface area contributed by atoms with Crippen LogP contribution in [0.1, 0.15) is 0 Å². The molecule has 2 heterocycles. The van der Waals surface area contributed by atoms with Crippen LogP contribution in [0.5, 0.6) is 11.5 Å². The van der Waals surface area contributed by atoms with Crippen molar-refractivity contribution in [3.05, 3.63) is 48.5 Å². The van der Waals surface area contributed by atoms with Gasteiger partial charge in [0.15, 0.2) is 0 Å². The fraction of sp³-hybridized carbons (Fsp3) is 0.500. The van der Waals surface area contributed by atoms with E-state index < -0.39 is 6.10 Å². The highest BCUT2D eigenvalue weighted by Gasteiger charge is 2.21. The lowest BCUT2D eigenvalue weighted by atomic mass is 10.2. The number of nitrogens with one attached hydrogen (secondary N) is 1. The van der Waals surface area contributed by atoms with E-state index in [-0.39, 0.29) is 0 Å². The van der Waals surface area contributed by atoms with Crippen LogP contribution in [0.15, 0.2) is 48.5 Å². The van der Waals surface area contributed by atoms with Crippen molar-refractivity contribution in [3.63, 3.8) is 0 Å². The van der Waals surface area contributed by atoms with Gasteiger partial charge in [-0.1, -0.05) is 12.1 Å². The summed E-state index contributed by atoms with van der Waals surface area (Å²) < 4.78 is 11.3. The van der Waals surface area contributed by atoms with Crippen LogP contribution in [0, 0.1) is 0 Å². The molecule has 0 saturated carbocycles. The van der Waals surface area contributed by atoms with E-state index >= 15 is 0 Å². The van der Waals surface area contributed by atoms with Crippen LogP contribution in [0.4, 0.5) is 11.4 Å². The molecular formula is C24H34N4O3. The maximum Gasteiger partial charge on any atom is 0.142 e. The largest absolute Gasteiger partial charge is 0.495 e. The molecule has 0 bridgehead atoms. The topological polar surface area (TPSA) is 60.4 Å². The van der Waals surface area contributed by atoms with E-state index in [0.29, 0.717) is 13.2 Å². The first-order valence-corrected chi connectivity index (χ1v) is 11.2. The smallest absolute Gasteiger partial charge is 0.142 e. The molecule has 0 amide bonds. The van der Waals surface area contributed by atoms with E-state index in [1.54, 1.807) is 7.11 Å². The van der Waals surface area contributed by atoms with Crippen LogP contribution in [0.25, 0.3) is 0 Å². The lowest BCUT2D eigenvalue weighted by molar-refractivity contribution is 0.0663. The summed E-state index contributed by atoms with van der Waals surface area (Å²) in [5.41, 5.74) is 2.36. The summed E-state index contributed by atoms with van der Waals surface area (Å²) in [5.74, 6) is 1.71. The van der Waals surface area contributed by atoms with Crippen LogP contribution in [0.2, 0.25) is 0 Å². The number of hydrogen-bond donors (Lipinski definition) is 2. The number of nitrogens with zero attached hydrogens (tertiary/aromatic N) is 3. The molecule has 2 saturated heterocycles. The molecule has 2 N–H and O–H groups in total. The van der Waals surface area contributed by atoms with Crippen molar-refractivity contribution in [3.8, 4) is 11.5 Å². The molecule has 0 spiro atoms. The summed E-state index contributed by atoms with van der Waals surface area (Å²) in [5, 5.41) is 13.8. The lowest BCUT2D eigenvalue weighted by Crippen LogP contribution is -2.49. The van der Waals surface area contributed by atoms with E-state index in [0.717, 1.165) is 69.5 Å². The Morgan fingerprint density at radius 1 is 0.903 bits per heavy atom. The highest BCUT2D eigenvalue weighted by molar-refractivity contribution is 5.58. The Kier molecular flexibility index (Phi) is 7.51. The third-order valence-corrected chi connectivity index (χ3v) is 6.03. The fourth-order valence-corrected chi connectivity index (χ4v) is 4.28. The number of rotatable bonds is 8. The first-order valence-electron chi connectivity index (χ1n) is 11.2. The van der Waals surface area contributed by atoms with Crippen molar-refractivity contribution in [2.24, 2.45) is 0 Å². The Labute approximate surface area is 185 Å². The van der Waals surface area contributed by atoms with Gasteiger partial charge < -0.3 is 29.7 Å². The minimum Gasteiger partial charge on any atom is -0.495 e. The van der Waals surface area contributed by atoms with Gasteiger partial charge in [0.25, 0.3) is 0 Å². The molecule has 7 heteroatoms. The summed E-state index contributed by atoms with van der Waals surface area (Å²) in [7, 11) is 1.71. The van der Waals surface area contributed by atoms with E-state index in [1.807, 2.05) is 30.3 Å². The summed E-state index contributed by atoms with van der Waals surface area (Å²) in [6.45, 7) is 8.70. The number of benzene rings is 2. The Hall–Kier alpha value is -2.48. The number of para-hydroxylation sites is 2. The van der Waals surface area contributed by atoms with Gasteiger partial charge in [0.1, 0.15) is 24.2 Å². The number of aliphatic hydroxyl groups excluding tert-OH is 1. The standard InChI is InChI=1S/C24H34N4O3/c1-30-24-5-3-2-4-23(24)28-16-14-26(15-17-28)18-21(29)19-31-22-8-6-20(7-9-22)27-12-10-25-11-13-27/h2-9,21,25,29H,10-19H2,1H3. The number of piperazine rings is 2. The van der Waals surface area contributed by atoms with E-state index in [4.69, 9.17) is 9.47 Å². The Morgan fingerprint density at radius 2 is 1.61 bits per heavy atom. The van der Waals surface area contributed by atoms with Crippen molar-refractivity contribution in [2.45, 2.75) is 6.10 Å². The summed E-state index contributed by atoms with van der Waals surface area (Å²) in [6.07, 6.45) is -0.509. The Morgan fingerprint density at radius 3 is 2.32 bits per heavy atom. The summed E-state index contributed by atoms with van der Waals surface area (Å²) in [4.78, 5) is 7.02. The molecule has 1 atom stereocenters. The van der Waals surface area contributed by atoms with Gasteiger partial charge in [0, 0.05) is 64.6 Å². The minimum atomic E-state index is -0.509. The van der Waals surface area contributed by atoms with E-state index in [9.17, 15) is 5.11 Å². The van der Waals surface area contributed by atoms with Gasteiger partial charge in [-0.25, -0.2) is 0 Å². The van der Waals surface area contributed by atoms with Crippen LogP contribution in [0.3, 0.4) is 0 Å². The van der Waals surface area contributed by atoms with Gasteiger partial charge in [-0.05, 0) is 36.4 Å². The Bertz CT molecular complexity index is 803. The number of methoxy groups -OCH3 is 1. The predicted molar refractivity (Wildman–Crippen MR) is 125 cm³/mol. The number of ether oxygens (including phenoxy) is 2. The van der Waals surface area contributed by atoms with Crippen LogP contribution in [-0.4, -0.2) is 88.7 Å². The molecule has 31 heavy (non-hydrogen) atoms. The monoisotopic (exact) mass is 426 g/mol. The molecule has 2 aromatic rings. The third-order valence-electron chi connectivity index (χ3n) is 6.03. The van der Waals surface area contributed by atoms with Crippen LogP contribution in [-0.2, 0) is 0 Å². The molecule has 2 aliphatic rings. The maximum absolute atomic E-state index is 10.5. The quantitative estimate of drug-likeness (QED) is 0.666. The van der Waals surface area contributed by atoms with Crippen LogP contribution < -0.4 is 24.6 Å². The normalized spacial score (nSPS) is 18.6. The second kappa shape index (κ2) is 10.7. The number of hydrogen-bond acceptors (Lipinski definition) is 7. The predicted octanol–water partition coefficient (Wildman–Crippen LogP) is 1.67. The van der Waals surface area contributed by atoms with Gasteiger partial charge in [-0.15, -0.1) is 0 Å². The zero-order valence-electron chi connectivity index (χ0n) is 18.4. The number of aliphatic hydroxyl groups is 1. The van der Waals surface area contributed by atoms with Crippen molar-refractivity contribution in [1.29, 1.82) is 0 Å². The third kappa shape index (κ3) is 5.81. The molecule has 2 aromatic carbocycles. The average Bonchev–Trinajstić information content (AvgIpc) is 2.84. The maximum atomic E-state index is 10.5. The number of anilines is 2. The Balaban J connectivity index is 1.19. The van der Waals surface area contributed by atoms with E-state index in [1.165, 1.54) is 5.69 Å². The number of β-amino-alcohol motifs (C(OH)–C–C–N with tert-alkyl or cyclic N) is 1. The SMILES string of the molecule is COc1ccccc1N1CCN(CC(O)COc2ccc(N3CCNCC3)cc2)CC1. The molecular weight excluding hydrogens is 392 g/mol. The molecule has 7 nitrogen and oxygen atoms in total. The molecule has 168 valence electrons. The molecule has 4 rings (SSSR count). The van der Waals surface area contributed by atoms with Gasteiger partial charge in [0.2, 0.25) is 0 Å². The molecule has 0 aliphatic carbocycles. The zero-order chi connectivity index (χ0) is 21.5. The molecule has 0 aromatic heterocycles. The van der Waals surface area contributed by atoms with Crippen molar-refractivity contribution >= 4 is 11.4 Å². The minimum absolute atomic E-state index is 0.305. The van der Waals surface area contributed by atoms with Gasteiger partial charge in [-0.3, -0.25) is 4.90 Å². The van der Waals surface area contributed by atoms with Gasteiger partial charge in [-0.2, -0.15) is 0 Å². The molecule has 2 aliphatic heterocycles. The average molecular weight is 427 g/mol. The first kappa shape index (κ1) is 21.7. The highest BCUT2D eigenvalue weighted by Crippen LogP contribution is 2.28. The first-order chi connectivity index (χ1) is 15.2. The van der Waals surface area contributed by atoms with Crippen molar-refractivity contribution in [1.82, 2.24) is 10.2 Å². The molecule has 1 unspecified atom stereocenters. The fourth-order valence-electron chi connectivity index (χ4n) is 4.28. The second-order valence-corrected chi connectivity index (χ2v) is 8.16. The zero-order valence-corrected chi connectivity index (χ0v) is 18.4. The van der Waals surface area contributed by atoms with E-state index in [2.05, 4.69) is 38.2 Å². The summed E-state index contributed by atoms with van der Waals surface area (Å²) in [6, 6.07) is 16.3. The van der Waals surface area contributed by atoms with Crippen molar-refractivity contribution < 1.29 is 14.6 Å². The molecule has 2 fully saturated rings. The van der Waals surface area contributed by atoms with Gasteiger partial charge >= 0.3 is 0 Å². The van der Waals surface area contributed by atoms with Crippen molar-refractivity contribution in [2.75, 3.05) is 82.4 Å². The lowest BCUT2D eigenvalue weighted by Gasteiger charge is -2.37. The molecule has 0 radical (unpaired) electrons. The second-order valence-electron chi connectivity index (χ2n) is 8.16.